The summed E-state index contributed by atoms with van der Waals surface area (Å²) in [6.45, 7) is 3.47. The highest BCUT2D eigenvalue weighted by Crippen LogP contribution is 2.09. The lowest BCUT2D eigenvalue weighted by Crippen LogP contribution is -2.32. The highest BCUT2D eigenvalue weighted by Gasteiger charge is 2.14. The molecule has 0 fully saturated rings. The largest absolute Gasteiger partial charge is 0.397 e. The van der Waals surface area contributed by atoms with E-state index in [4.69, 9.17) is 5.73 Å². The lowest BCUT2D eigenvalue weighted by atomic mass is 10.2. The zero-order valence-corrected chi connectivity index (χ0v) is 12.3. The van der Waals surface area contributed by atoms with Crippen molar-refractivity contribution in [3.8, 4) is 0 Å². The van der Waals surface area contributed by atoms with Crippen molar-refractivity contribution in [2.24, 2.45) is 0 Å². The van der Waals surface area contributed by atoms with Crippen LogP contribution in [0.2, 0.25) is 0 Å². The molecule has 0 saturated carbocycles. The number of hydrogen-bond donors (Lipinski definition) is 1. The number of benzene rings is 1. The summed E-state index contributed by atoms with van der Waals surface area (Å²) in [5, 5.41) is 0. The van der Waals surface area contributed by atoms with Crippen LogP contribution in [0.3, 0.4) is 0 Å². The summed E-state index contributed by atoms with van der Waals surface area (Å²) >= 11 is 0. The van der Waals surface area contributed by atoms with E-state index in [0.717, 1.165) is 24.2 Å². The highest BCUT2D eigenvalue weighted by atomic mass is 16.2. The average Bonchev–Trinajstić information content (AvgIpc) is 2.50. The second kappa shape index (κ2) is 7.43. The Bertz CT molecular complexity index is 566. The molecule has 0 spiro atoms. The van der Waals surface area contributed by atoms with Crippen LogP contribution in [0, 0.1) is 0 Å². The van der Waals surface area contributed by atoms with Crippen LogP contribution in [0.25, 0.3) is 0 Å². The second-order valence-corrected chi connectivity index (χ2v) is 5.06. The first-order valence-electron chi connectivity index (χ1n) is 7.21. The SMILES string of the molecule is CCCN(Cc1ccccc1)C(=O)Cc1ccc(N)cn1. The third-order valence-electron chi connectivity index (χ3n) is 3.24. The number of nitrogens with zero attached hydrogens (tertiary/aromatic N) is 2. The quantitative estimate of drug-likeness (QED) is 0.886. The molecule has 0 saturated heterocycles. The van der Waals surface area contributed by atoms with Gasteiger partial charge in [-0.15, -0.1) is 0 Å². The van der Waals surface area contributed by atoms with Crippen molar-refractivity contribution in [3.05, 3.63) is 59.9 Å². The molecule has 21 heavy (non-hydrogen) atoms. The fourth-order valence-electron chi connectivity index (χ4n) is 2.17. The summed E-state index contributed by atoms with van der Waals surface area (Å²) in [5.41, 5.74) is 8.12. The summed E-state index contributed by atoms with van der Waals surface area (Å²) in [5.74, 6) is 0.0953. The molecule has 110 valence electrons. The number of aromatic nitrogens is 1. The molecule has 0 unspecified atom stereocenters. The molecular formula is C17H21N3O. The smallest absolute Gasteiger partial charge is 0.228 e. The molecule has 4 nitrogen and oxygen atoms in total. The van der Waals surface area contributed by atoms with Gasteiger partial charge in [-0.3, -0.25) is 9.78 Å². The summed E-state index contributed by atoms with van der Waals surface area (Å²) in [4.78, 5) is 18.5. The molecule has 2 aromatic rings. The van der Waals surface area contributed by atoms with Gasteiger partial charge < -0.3 is 10.6 Å². The second-order valence-electron chi connectivity index (χ2n) is 5.06. The van der Waals surface area contributed by atoms with Gasteiger partial charge in [-0.05, 0) is 24.1 Å². The zero-order chi connectivity index (χ0) is 15.1. The zero-order valence-electron chi connectivity index (χ0n) is 12.3. The number of nitrogen functional groups attached to an aromatic ring is 1. The van der Waals surface area contributed by atoms with Crippen molar-refractivity contribution >= 4 is 11.6 Å². The minimum absolute atomic E-state index is 0.0953. The van der Waals surface area contributed by atoms with E-state index in [1.165, 1.54) is 0 Å². The molecule has 1 aromatic carbocycles. The van der Waals surface area contributed by atoms with Gasteiger partial charge in [0.25, 0.3) is 0 Å². The number of carbonyl (C=O) groups excluding carboxylic acids is 1. The number of anilines is 1. The topological polar surface area (TPSA) is 59.2 Å². The maximum Gasteiger partial charge on any atom is 0.228 e. The van der Waals surface area contributed by atoms with Gasteiger partial charge in [0.05, 0.1) is 18.3 Å². The first kappa shape index (κ1) is 15.0. The van der Waals surface area contributed by atoms with Crippen LogP contribution < -0.4 is 5.73 Å². The van der Waals surface area contributed by atoms with Crippen LogP contribution >= 0.6 is 0 Å². The van der Waals surface area contributed by atoms with Gasteiger partial charge in [0, 0.05) is 18.8 Å². The summed E-state index contributed by atoms with van der Waals surface area (Å²) < 4.78 is 0. The number of carbonyl (C=O) groups is 1. The Kier molecular flexibility index (Phi) is 5.32. The average molecular weight is 283 g/mol. The molecule has 0 bridgehead atoms. The van der Waals surface area contributed by atoms with E-state index in [2.05, 4.69) is 11.9 Å². The predicted octanol–water partition coefficient (Wildman–Crippen LogP) is 2.65. The van der Waals surface area contributed by atoms with Crippen molar-refractivity contribution < 1.29 is 4.79 Å². The number of hydrogen-bond acceptors (Lipinski definition) is 3. The summed E-state index contributed by atoms with van der Waals surface area (Å²) in [6, 6.07) is 13.6. The molecule has 0 aliphatic rings. The Balaban J connectivity index is 2.03. The first-order chi connectivity index (χ1) is 10.2. The van der Waals surface area contributed by atoms with Crippen LogP contribution in [-0.4, -0.2) is 22.3 Å². The molecule has 0 radical (unpaired) electrons. The highest BCUT2D eigenvalue weighted by molar-refractivity contribution is 5.78. The summed E-state index contributed by atoms with van der Waals surface area (Å²) in [6.07, 6.45) is 2.84. The molecular weight excluding hydrogens is 262 g/mol. The third kappa shape index (κ3) is 4.60. The van der Waals surface area contributed by atoms with Gasteiger partial charge in [0.15, 0.2) is 0 Å². The third-order valence-corrected chi connectivity index (χ3v) is 3.24. The maximum atomic E-state index is 12.4. The Morgan fingerprint density at radius 3 is 2.57 bits per heavy atom. The minimum Gasteiger partial charge on any atom is -0.397 e. The number of pyridine rings is 1. The van der Waals surface area contributed by atoms with Crippen LogP contribution in [0.4, 0.5) is 5.69 Å². The predicted molar refractivity (Wildman–Crippen MR) is 84.5 cm³/mol. The van der Waals surface area contributed by atoms with E-state index in [0.29, 0.717) is 18.7 Å². The molecule has 4 heteroatoms. The van der Waals surface area contributed by atoms with E-state index >= 15 is 0 Å². The maximum absolute atomic E-state index is 12.4. The molecule has 1 aromatic heterocycles. The summed E-state index contributed by atoms with van der Waals surface area (Å²) in [7, 11) is 0. The van der Waals surface area contributed by atoms with Gasteiger partial charge >= 0.3 is 0 Å². The minimum atomic E-state index is 0.0953. The number of nitrogens with two attached hydrogens (primary N) is 1. The van der Waals surface area contributed by atoms with Crippen molar-refractivity contribution in [2.45, 2.75) is 26.3 Å². The van der Waals surface area contributed by atoms with Crippen LogP contribution in [0.15, 0.2) is 48.7 Å². The van der Waals surface area contributed by atoms with Crippen LogP contribution in [-0.2, 0) is 17.8 Å². The van der Waals surface area contributed by atoms with Crippen LogP contribution in [0.5, 0.6) is 0 Å². The molecule has 0 aliphatic heterocycles. The van der Waals surface area contributed by atoms with Crippen molar-refractivity contribution in [1.29, 1.82) is 0 Å². The number of rotatable bonds is 6. The fourth-order valence-corrected chi connectivity index (χ4v) is 2.17. The standard InChI is InChI=1S/C17H21N3O/c1-2-10-20(13-14-6-4-3-5-7-14)17(21)11-16-9-8-15(18)12-19-16/h3-9,12H,2,10-11,13,18H2,1H3. The van der Waals surface area contributed by atoms with E-state index < -0.39 is 0 Å². The number of amides is 1. The van der Waals surface area contributed by atoms with E-state index in [1.54, 1.807) is 18.3 Å². The van der Waals surface area contributed by atoms with E-state index in [1.807, 2.05) is 35.2 Å². The lowest BCUT2D eigenvalue weighted by molar-refractivity contribution is -0.131. The monoisotopic (exact) mass is 283 g/mol. The first-order valence-corrected chi connectivity index (χ1v) is 7.21. The van der Waals surface area contributed by atoms with Gasteiger partial charge in [0.1, 0.15) is 0 Å². The Labute approximate surface area is 125 Å². The van der Waals surface area contributed by atoms with E-state index in [-0.39, 0.29) is 5.91 Å². The van der Waals surface area contributed by atoms with E-state index in [9.17, 15) is 4.79 Å². The van der Waals surface area contributed by atoms with Crippen molar-refractivity contribution in [2.75, 3.05) is 12.3 Å². The molecule has 2 rings (SSSR count). The van der Waals surface area contributed by atoms with Gasteiger partial charge in [0.2, 0.25) is 5.91 Å². The molecule has 0 aliphatic carbocycles. The van der Waals surface area contributed by atoms with Gasteiger partial charge in [-0.1, -0.05) is 37.3 Å². The van der Waals surface area contributed by atoms with Crippen LogP contribution in [0.1, 0.15) is 24.6 Å². The molecule has 1 amide bonds. The lowest BCUT2D eigenvalue weighted by Gasteiger charge is -2.22. The van der Waals surface area contributed by atoms with Gasteiger partial charge in [-0.25, -0.2) is 0 Å². The van der Waals surface area contributed by atoms with Crippen molar-refractivity contribution in [1.82, 2.24) is 9.88 Å². The Morgan fingerprint density at radius 2 is 1.95 bits per heavy atom. The fraction of sp³-hybridized carbons (Fsp3) is 0.294. The molecule has 0 atom stereocenters. The normalized spacial score (nSPS) is 10.3. The Hall–Kier alpha value is -2.36. The molecule has 2 N–H and O–H groups in total. The molecule has 1 heterocycles. The van der Waals surface area contributed by atoms with Crippen molar-refractivity contribution in [3.63, 3.8) is 0 Å². The Morgan fingerprint density at radius 1 is 1.19 bits per heavy atom. The van der Waals surface area contributed by atoms with Gasteiger partial charge in [-0.2, -0.15) is 0 Å².